The number of methoxy groups -OCH3 is 1. The van der Waals surface area contributed by atoms with Crippen LogP contribution in [0.2, 0.25) is 5.02 Å². The number of carboxylic acids is 1. The van der Waals surface area contributed by atoms with Crippen molar-refractivity contribution in [2.24, 2.45) is 0 Å². The summed E-state index contributed by atoms with van der Waals surface area (Å²) in [6, 6.07) is 12.2. The Morgan fingerprint density at radius 3 is 2.58 bits per heavy atom. The van der Waals surface area contributed by atoms with E-state index in [0.717, 1.165) is 0 Å². The number of thiophene rings is 1. The Hall–Kier alpha value is -2.83. The van der Waals surface area contributed by atoms with Crippen molar-refractivity contribution in [2.45, 2.75) is 0 Å². The highest BCUT2D eigenvalue weighted by atomic mass is 35.5. The van der Waals surface area contributed by atoms with E-state index in [1.54, 1.807) is 30.3 Å². The Kier molecular flexibility index (Phi) is 3.94. The van der Waals surface area contributed by atoms with Crippen molar-refractivity contribution in [1.82, 2.24) is 0 Å². The van der Waals surface area contributed by atoms with Crippen molar-refractivity contribution in [3.05, 3.63) is 58.4 Å². The predicted octanol–water partition coefficient (Wildman–Crippen LogP) is 5.84. The molecule has 7 heteroatoms. The maximum absolute atomic E-state index is 12.4. The van der Waals surface area contributed by atoms with E-state index in [9.17, 15) is 14.7 Å². The molecule has 1 atom stereocenters. The average molecular weight is 388 g/mol. The van der Waals surface area contributed by atoms with Crippen LogP contribution in [0.1, 0.15) is 10.4 Å². The van der Waals surface area contributed by atoms with Gasteiger partial charge in [0.15, 0.2) is 5.38 Å². The summed E-state index contributed by atoms with van der Waals surface area (Å²) in [5.41, 5.74) is 1.68. The lowest BCUT2D eigenvalue weighted by molar-refractivity contribution is 0.0698. The van der Waals surface area contributed by atoms with Gasteiger partial charge < -0.3 is 14.6 Å². The van der Waals surface area contributed by atoms with Crippen LogP contribution in [-0.2, 0) is 4.74 Å². The molecule has 4 rings (SSSR count). The van der Waals surface area contributed by atoms with E-state index in [2.05, 4.69) is 0 Å². The second-order valence-electron chi connectivity index (χ2n) is 5.57. The molecule has 1 aliphatic rings. The van der Waals surface area contributed by atoms with Gasteiger partial charge in [-0.3, -0.25) is 0 Å². The Bertz CT molecular complexity index is 1070. The van der Waals surface area contributed by atoms with Gasteiger partial charge in [0.1, 0.15) is 27.5 Å². The van der Waals surface area contributed by atoms with Crippen molar-refractivity contribution < 1.29 is 24.2 Å². The number of fused-ring (bicyclic) bond motifs is 5. The second-order valence-corrected chi connectivity index (χ2v) is 7.66. The first-order valence-electron chi connectivity index (χ1n) is 7.59. The Morgan fingerprint density at radius 2 is 1.85 bits per heavy atom. The third-order valence-corrected chi connectivity index (χ3v) is 6.19. The van der Waals surface area contributed by atoms with Gasteiger partial charge in [-0.05, 0) is 30.3 Å². The van der Waals surface area contributed by atoms with E-state index in [4.69, 9.17) is 21.1 Å². The van der Waals surface area contributed by atoms with Crippen molar-refractivity contribution in [2.75, 3.05) is 7.11 Å². The average Bonchev–Trinajstić information content (AvgIpc) is 2.97. The van der Waals surface area contributed by atoms with Crippen LogP contribution in [0.5, 0.6) is 11.5 Å². The standard InChI is InChI=1S/C19H11ClO5S/c1-24-19(23)26-9-13(18(21)22)16-12-8-10(20)6-7-15(12)25-14-5-3-2-4-11(14)17(16)26/h2-9H,1H3/p+1. The van der Waals surface area contributed by atoms with Gasteiger partial charge in [0.25, 0.3) is 0 Å². The van der Waals surface area contributed by atoms with E-state index in [1.807, 2.05) is 12.1 Å². The van der Waals surface area contributed by atoms with E-state index < -0.39 is 21.7 Å². The largest absolute Gasteiger partial charge is 0.554 e. The summed E-state index contributed by atoms with van der Waals surface area (Å²) < 4.78 is 10.9. The van der Waals surface area contributed by atoms with E-state index in [0.29, 0.717) is 38.1 Å². The van der Waals surface area contributed by atoms with Crippen LogP contribution < -0.4 is 4.74 Å². The minimum Gasteiger partial charge on any atom is -0.477 e. The number of carbonyl (C=O) groups excluding carboxylic acids is 1. The van der Waals surface area contributed by atoms with Gasteiger partial charge >= 0.3 is 11.3 Å². The monoisotopic (exact) mass is 387 g/mol. The first-order valence-corrected chi connectivity index (χ1v) is 9.26. The third kappa shape index (κ3) is 2.46. The minimum atomic E-state index is -1.17. The summed E-state index contributed by atoms with van der Waals surface area (Å²) >= 11 is 6.15. The lowest BCUT2D eigenvalue weighted by Gasteiger charge is -2.08. The highest BCUT2D eigenvalue weighted by Crippen LogP contribution is 2.55. The number of hydrogen-bond donors (Lipinski definition) is 1. The van der Waals surface area contributed by atoms with Gasteiger partial charge in [-0.1, -0.05) is 23.7 Å². The summed E-state index contributed by atoms with van der Waals surface area (Å²) in [5.74, 6) is -0.0986. The molecule has 0 aliphatic carbocycles. The molecule has 0 radical (unpaired) electrons. The van der Waals surface area contributed by atoms with E-state index in [-0.39, 0.29) is 5.56 Å². The van der Waals surface area contributed by atoms with Crippen LogP contribution in [0.4, 0.5) is 4.79 Å². The topological polar surface area (TPSA) is 72.8 Å². The quantitative estimate of drug-likeness (QED) is 0.345. The molecule has 1 aliphatic heterocycles. The number of aromatic carboxylic acids is 1. The number of carboxylic acid groups (broad SMARTS) is 1. The fourth-order valence-corrected chi connectivity index (χ4v) is 5.05. The number of hydrogen-bond acceptors (Lipinski definition) is 4. The summed E-state index contributed by atoms with van der Waals surface area (Å²) in [7, 11) is 0.111. The fraction of sp³-hybridized carbons (Fsp3) is 0.0526. The molecule has 0 spiro atoms. The van der Waals surface area contributed by atoms with Gasteiger partial charge in [-0.25, -0.2) is 4.79 Å². The molecule has 0 fully saturated rings. The lowest BCUT2D eigenvalue weighted by Crippen LogP contribution is -1.97. The second kappa shape index (κ2) is 6.16. The van der Waals surface area contributed by atoms with Crippen molar-refractivity contribution in [3.8, 4) is 33.1 Å². The molecule has 2 heterocycles. The minimum absolute atomic E-state index is 0.0394. The van der Waals surface area contributed by atoms with Gasteiger partial charge in [0, 0.05) is 10.6 Å². The van der Waals surface area contributed by atoms with Crippen LogP contribution in [0.3, 0.4) is 0 Å². The highest BCUT2D eigenvalue weighted by molar-refractivity contribution is 7.52. The van der Waals surface area contributed by atoms with Crippen LogP contribution >= 0.6 is 22.1 Å². The SMILES string of the molecule is COC(=O)[s+]1cc(C(=O)O)c2c1-c1ccccc1Oc1ccc(Cl)cc1-2. The molecule has 1 aromatic heterocycles. The number of rotatable bonds is 2. The molecule has 0 saturated heterocycles. The number of carbonyl (C=O) groups is 2. The zero-order valence-corrected chi connectivity index (χ0v) is 15.1. The van der Waals surface area contributed by atoms with Crippen molar-refractivity contribution in [3.63, 3.8) is 0 Å². The van der Waals surface area contributed by atoms with Gasteiger partial charge in [0.05, 0.1) is 18.2 Å². The van der Waals surface area contributed by atoms with E-state index in [1.165, 1.54) is 12.5 Å². The molecular formula is C19H12ClO5S+. The van der Waals surface area contributed by atoms with Gasteiger partial charge in [-0.2, -0.15) is 4.79 Å². The number of halogens is 1. The molecular weight excluding hydrogens is 376 g/mol. The first kappa shape index (κ1) is 16.6. The van der Waals surface area contributed by atoms with Crippen LogP contribution in [0.25, 0.3) is 21.6 Å². The summed E-state index contributed by atoms with van der Waals surface area (Å²) in [6.45, 7) is 0. The van der Waals surface area contributed by atoms with Gasteiger partial charge in [0.2, 0.25) is 4.88 Å². The maximum atomic E-state index is 12.4. The Morgan fingerprint density at radius 1 is 1.12 bits per heavy atom. The molecule has 1 N–H and O–H groups in total. The molecule has 1 unspecified atom stereocenters. The van der Waals surface area contributed by atoms with Gasteiger partial charge in [-0.15, -0.1) is 0 Å². The Balaban J connectivity index is 2.19. The fourth-order valence-electron chi connectivity index (χ4n) is 3.02. The van der Waals surface area contributed by atoms with Crippen molar-refractivity contribution in [1.29, 1.82) is 0 Å². The molecule has 0 amide bonds. The first-order chi connectivity index (χ1) is 12.5. The van der Waals surface area contributed by atoms with Crippen LogP contribution in [-0.4, -0.2) is 23.5 Å². The normalized spacial score (nSPS) is 12.2. The number of para-hydroxylation sites is 1. The number of ether oxygens (including phenoxy) is 2. The summed E-state index contributed by atoms with van der Waals surface area (Å²) in [5, 5.41) is 11.1. The predicted molar refractivity (Wildman–Crippen MR) is 99.6 cm³/mol. The maximum Gasteiger partial charge on any atom is 0.554 e. The number of benzene rings is 2. The summed E-state index contributed by atoms with van der Waals surface area (Å²) in [4.78, 5) is 24.9. The lowest BCUT2D eigenvalue weighted by atomic mass is 9.98. The van der Waals surface area contributed by atoms with E-state index >= 15 is 0 Å². The molecule has 3 aromatic rings. The van der Waals surface area contributed by atoms with Crippen LogP contribution in [0.15, 0.2) is 47.8 Å². The Labute approximate surface area is 156 Å². The molecule has 5 nitrogen and oxygen atoms in total. The molecule has 0 saturated carbocycles. The van der Waals surface area contributed by atoms with Crippen molar-refractivity contribution >= 4 is 33.3 Å². The molecule has 2 aromatic carbocycles. The molecule has 130 valence electrons. The zero-order chi connectivity index (χ0) is 18.4. The zero-order valence-electron chi connectivity index (χ0n) is 13.5. The summed E-state index contributed by atoms with van der Waals surface area (Å²) in [6.07, 6.45) is 0. The highest BCUT2D eigenvalue weighted by Gasteiger charge is 2.40. The molecule has 26 heavy (non-hydrogen) atoms. The van der Waals surface area contributed by atoms with Crippen LogP contribution in [0, 0.1) is 0 Å². The third-order valence-electron chi connectivity index (χ3n) is 4.09. The smallest absolute Gasteiger partial charge is 0.477 e. The molecule has 0 bridgehead atoms.